The van der Waals surface area contributed by atoms with Crippen LogP contribution in [0.15, 0.2) is 30.3 Å². The van der Waals surface area contributed by atoms with Gasteiger partial charge in [-0.1, -0.05) is 37.3 Å². The fraction of sp³-hybridized carbons (Fsp3) is 0.462. The smallest absolute Gasteiger partial charge is 0.432 e. The van der Waals surface area contributed by atoms with E-state index in [2.05, 4.69) is 9.47 Å². The van der Waals surface area contributed by atoms with Gasteiger partial charge in [0.25, 0.3) is 5.60 Å². The lowest BCUT2D eigenvalue weighted by Crippen LogP contribution is -2.51. The molecule has 0 amide bonds. The highest BCUT2D eigenvalue weighted by atomic mass is 19.4. The molecule has 0 aliphatic carbocycles. The zero-order chi connectivity index (χ0) is 14.5. The first-order valence-corrected chi connectivity index (χ1v) is 5.74. The Morgan fingerprint density at radius 3 is 2.21 bits per heavy atom. The average Bonchev–Trinajstić information content (AvgIpc) is 2.37. The Hall–Kier alpha value is -1.56. The molecule has 106 valence electrons. The van der Waals surface area contributed by atoms with Crippen LogP contribution in [0.1, 0.15) is 18.9 Å². The highest BCUT2D eigenvalue weighted by molar-refractivity contribution is 5.82. The third kappa shape index (κ3) is 2.89. The molecule has 1 rings (SSSR count). The molecule has 0 N–H and O–H groups in total. The summed E-state index contributed by atoms with van der Waals surface area (Å²) in [5, 5.41) is 0. The molecule has 1 aromatic carbocycles. The molecule has 0 radical (unpaired) electrons. The van der Waals surface area contributed by atoms with Crippen molar-refractivity contribution < 1.29 is 27.4 Å². The van der Waals surface area contributed by atoms with Crippen molar-refractivity contribution in [3.63, 3.8) is 0 Å². The van der Waals surface area contributed by atoms with Gasteiger partial charge in [0.1, 0.15) is 0 Å². The van der Waals surface area contributed by atoms with Crippen molar-refractivity contribution in [1.82, 2.24) is 0 Å². The molecule has 0 aliphatic rings. The molecular weight excluding hydrogens is 261 g/mol. The van der Waals surface area contributed by atoms with Gasteiger partial charge in [0.15, 0.2) is 0 Å². The average molecular weight is 276 g/mol. The molecule has 3 nitrogen and oxygen atoms in total. The zero-order valence-electron chi connectivity index (χ0n) is 10.7. The van der Waals surface area contributed by atoms with E-state index in [1.807, 2.05) is 0 Å². The van der Waals surface area contributed by atoms with Gasteiger partial charge in [-0.3, -0.25) is 0 Å². The lowest BCUT2D eigenvalue weighted by Gasteiger charge is -2.32. The molecule has 0 unspecified atom stereocenters. The van der Waals surface area contributed by atoms with Crippen LogP contribution < -0.4 is 0 Å². The van der Waals surface area contributed by atoms with Crippen molar-refractivity contribution in [2.45, 2.75) is 25.1 Å². The monoisotopic (exact) mass is 276 g/mol. The number of methoxy groups -OCH3 is 1. The maximum Gasteiger partial charge on any atom is 0.432 e. The molecule has 0 aliphatic heterocycles. The summed E-state index contributed by atoms with van der Waals surface area (Å²) in [5.74, 6) is -1.45. The summed E-state index contributed by atoms with van der Waals surface area (Å²) in [4.78, 5) is 11.8. The van der Waals surface area contributed by atoms with Crippen LogP contribution in [0.25, 0.3) is 0 Å². The first-order chi connectivity index (χ1) is 8.90. The Labute approximate surface area is 109 Å². The topological polar surface area (TPSA) is 35.5 Å². The van der Waals surface area contributed by atoms with Crippen LogP contribution in [-0.2, 0) is 19.9 Å². The predicted octanol–water partition coefficient (Wildman–Crippen LogP) is 3.04. The lowest BCUT2D eigenvalue weighted by atomic mass is 9.93. The van der Waals surface area contributed by atoms with E-state index in [0.717, 1.165) is 7.11 Å². The van der Waals surface area contributed by atoms with Gasteiger partial charge in [0.2, 0.25) is 0 Å². The summed E-state index contributed by atoms with van der Waals surface area (Å²) in [6.45, 7) is 1.60. The van der Waals surface area contributed by atoms with E-state index in [1.54, 1.807) is 13.0 Å². The molecule has 0 saturated carbocycles. The minimum absolute atomic E-state index is 0.0904. The fourth-order valence-corrected chi connectivity index (χ4v) is 1.68. The number of carbonyl (C=O) groups excluding carboxylic acids is 1. The van der Waals surface area contributed by atoms with E-state index in [4.69, 9.17) is 0 Å². The van der Waals surface area contributed by atoms with Gasteiger partial charge in [0, 0.05) is 12.7 Å². The van der Waals surface area contributed by atoms with Gasteiger partial charge in [0.05, 0.1) is 6.61 Å². The number of esters is 1. The third-order valence-electron chi connectivity index (χ3n) is 2.61. The quantitative estimate of drug-likeness (QED) is 0.775. The van der Waals surface area contributed by atoms with Crippen LogP contribution >= 0.6 is 0 Å². The van der Waals surface area contributed by atoms with E-state index in [9.17, 15) is 18.0 Å². The Balaban J connectivity index is 3.28. The normalized spacial score (nSPS) is 14.8. The molecular formula is C13H15F3O3. The Morgan fingerprint density at radius 1 is 1.21 bits per heavy atom. The van der Waals surface area contributed by atoms with Crippen LogP contribution in [0.2, 0.25) is 0 Å². The first-order valence-electron chi connectivity index (χ1n) is 5.74. The molecule has 0 spiro atoms. The highest BCUT2D eigenvalue weighted by Crippen LogP contribution is 2.42. The van der Waals surface area contributed by atoms with Gasteiger partial charge in [-0.25, -0.2) is 4.79 Å². The molecule has 1 atom stereocenters. The van der Waals surface area contributed by atoms with E-state index < -0.39 is 17.7 Å². The molecule has 0 heterocycles. The summed E-state index contributed by atoms with van der Waals surface area (Å²) in [7, 11) is 0.841. The summed E-state index contributed by atoms with van der Waals surface area (Å²) >= 11 is 0. The second kappa shape index (κ2) is 6.06. The van der Waals surface area contributed by atoms with Gasteiger partial charge in [-0.2, -0.15) is 13.2 Å². The summed E-state index contributed by atoms with van der Waals surface area (Å²) < 4.78 is 49.1. The van der Waals surface area contributed by atoms with Crippen molar-refractivity contribution in [1.29, 1.82) is 0 Å². The second-order valence-electron chi connectivity index (χ2n) is 3.89. The van der Waals surface area contributed by atoms with Crippen molar-refractivity contribution in [3.05, 3.63) is 35.9 Å². The first kappa shape index (κ1) is 15.5. The minimum atomic E-state index is -4.91. The van der Waals surface area contributed by atoms with Crippen molar-refractivity contribution in [3.8, 4) is 0 Å². The predicted molar refractivity (Wildman–Crippen MR) is 62.4 cm³/mol. The molecule has 0 saturated heterocycles. The molecule has 1 aromatic rings. The SMILES string of the molecule is CCCOC(=O)[C@](OC)(c1ccccc1)C(F)(F)F. The van der Waals surface area contributed by atoms with E-state index in [-0.39, 0.29) is 12.2 Å². The van der Waals surface area contributed by atoms with Crippen LogP contribution in [0.5, 0.6) is 0 Å². The lowest BCUT2D eigenvalue weighted by molar-refractivity contribution is -0.276. The molecule has 6 heteroatoms. The van der Waals surface area contributed by atoms with E-state index in [0.29, 0.717) is 6.42 Å². The second-order valence-corrected chi connectivity index (χ2v) is 3.89. The molecule has 19 heavy (non-hydrogen) atoms. The Morgan fingerprint density at radius 2 is 1.79 bits per heavy atom. The van der Waals surface area contributed by atoms with Crippen LogP contribution in [0, 0.1) is 0 Å². The largest absolute Gasteiger partial charge is 0.463 e. The van der Waals surface area contributed by atoms with Crippen molar-refractivity contribution in [2.24, 2.45) is 0 Å². The number of ether oxygens (including phenoxy) is 2. The van der Waals surface area contributed by atoms with Gasteiger partial charge in [-0.15, -0.1) is 0 Å². The number of halogens is 3. The van der Waals surface area contributed by atoms with Crippen LogP contribution in [-0.4, -0.2) is 25.9 Å². The molecule has 0 aromatic heterocycles. The van der Waals surface area contributed by atoms with Crippen molar-refractivity contribution in [2.75, 3.05) is 13.7 Å². The van der Waals surface area contributed by atoms with Crippen molar-refractivity contribution >= 4 is 5.97 Å². The van der Waals surface area contributed by atoms with Gasteiger partial charge < -0.3 is 9.47 Å². The zero-order valence-corrected chi connectivity index (χ0v) is 10.7. The van der Waals surface area contributed by atoms with Crippen LogP contribution in [0.3, 0.4) is 0 Å². The third-order valence-corrected chi connectivity index (χ3v) is 2.61. The maximum atomic E-state index is 13.3. The number of benzene rings is 1. The summed E-state index contributed by atoms with van der Waals surface area (Å²) in [6.07, 6.45) is -4.48. The summed E-state index contributed by atoms with van der Waals surface area (Å²) in [5.41, 5.74) is -3.38. The maximum absolute atomic E-state index is 13.3. The fourth-order valence-electron chi connectivity index (χ4n) is 1.68. The number of carbonyl (C=O) groups is 1. The van der Waals surface area contributed by atoms with Gasteiger partial charge in [-0.05, 0) is 6.42 Å². The molecule has 0 bridgehead atoms. The number of hydrogen-bond acceptors (Lipinski definition) is 3. The summed E-state index contributed by atoms with van der Waals surface area (Å²) in [6, 6.07) is 6.73. The standard InChI is InChI=1S/C13H15F3O3/c1-3-9-19-11(17)12(18-2,13(14,15)16)10-7-5-4-6-8-10/h4-8H,3,9H2,1-2H3/t12-/m1/s1. The number of hydrogen-bond donors (Lipinski definition) is 0. The van der Waals surface area contributed by atoms with Gasteiger partial charge >= 0.3 is 12.1 Å². The number of alkyl halides is 3. The highest BCUT2D eigenvalue weighted by Gasteiger charge is 2.63. The minimum Gasteiger partial charge on any atom is -0.463 e. The van der Waals surface area contributed by atoms with E-state index >= 15 is 0 Å². The molecule has 0 fully saturated rings. The number of rotatable bonds is 5. The van der Waals surface area contributed by atoms with Crippen LogP contribution in [0.4, 0.5) is 13.2 Å². The Kier molecular flexibility index (Phi) is 4.94. The Bertz CT molecular complexity index is 417. The van der Waals surface area contributed by atoms with E-state index in [1.165, 1.54) is 24.3 Å².